The third-order valence-corrected chi connectivity index (χ3v) is 2.55. The van der Waals surface area contributed by atoms with E-state index in [-0.39, 0.29) is 5.82 Å². The van der Waals surface area contributed by atoms with Gasteiger partial charge in [-0.15, -0.1) is 0 Å². The topological polar surface area (TPSA) is 54.7 Å². The van der Waals surface area contributed by atoms with Crippen LogP contribution in [-0.2, 0) is 6.54 Å². The first kappa shape index (κ1) is 10.3. The maximum absolute atomic E-state index is 13.5. The number of hydrogen-bond donors (Lipinski definition) is 2. The molecule has 0 unspecified atom stereocenters. The Balaban J connectivity index is 2.44. The van der Waals surface area contributed by atoms with E-state index < -0.39 is 0 Å². The molecule has 78 valence electrons. The van der Waals surface area contributed by atoms with E-state index in [1.807, 2.05) is 0 Å². The van der Waals surface area contributed by atoms with E-state index in [9.17, 15) is 4.39 Å². The van der Waals surface area contributed by atoms with Gasteiger partial charge in [0.1, 0.15) is 5.82 Å². The molecular formula is C10H9BrFN3. The molecule has 1 aromatic heterocycles. The molecular weight excluding hydrogens is 261 g/mol. The molecule has 0 aliphatic heterocycles. The molecule has 1 aromatic carbocycles. The number of aromatic nitrogens is 2. The molecule has 0 fully saturated rings. The van der Waals surface area contributed by atoms with Gasteiger partial charge in [-0.2, -0.15) is 5.10 Å². The fourth-order valence-corrected chi connectivity index (χ4v) is 1.63. The van der Waals surface area contributed by atoms with Crippen molar-refractivity contribution in [1.29, 1.82) is 0 Å². The van der Waals surface area contributed by atoms with E-state index in [2.05, 4.69) is 26.1 Å². The molecule has 0 aliphatic rings. The van der Waals surface area contributed by atoms with E-state index in [1.165, 1.54) is 6.07 Å². The summed E-state index contributed by atoms with van der Waals surface area (Å²) in [6.45, 7) is 0.366. The minimum Gasteiger partial charge on any atom is -0.325 e. The Morgan fingerprint density at radius 1 is 1.40 bits per heavy atom. The lowest BCUT2D eigenvalue weighted by molar-refractivity contribution is 0.630. The predicted octanol–water partition coefficient (Wildman–Crippen LogP) is 2.44. The number of nitrogens with two attached hydrogens (primary N) is 1. The number of benzene rings is 1. The summed E-state index contributed by atoms with van der Waals surface area (Å²) >= 11 is 3.20. The molecule has 3 N–H and O–H groups in total. The maximum atomic E-state index is 13.5. The summed E-state index contributed by atoms with van der Waals surface area (Å²) in [7, 11) is 0. The van der Waals surface area contributed by atoms with Gasteiger partial charge in [-0.1, -0.05) is 15.9 Å². The Kier molecular flexibility index (Phi) is 2.83. The number of H-pyrrole nitrogens is 1. The Morgan fingerprint density at radius 3 is 2.80 bits per heavy atom. The monoisotopic (exact) mass is 269 g/mol. The van der Waals surface area contributed by atoms with E-state index in [4.69, 9.17) is 5.73 Å². The molecule has 3 nitrogen and oxygen atoms in total. The zero-order valence-corrected chi connectivity index (χ0v) is 9.38. The normalized spacial score (nSPS) is 10.6. The average molecular weight is 270 g/mol. The lowest BCUT2D eigenvalue weighted by atomic mass is 10.1. The summed E-state index contributed by atoms with van der Waals surface area (Å²) in [4.78, 5) is 0. The van der Waals surface area contributed by atoms with Gasteiger partial charge in [0.05, 0.1) is 5.69 Å². The molecule has 0 saturated heterocycles. The van der Waals surface area contributed by atoms with Crippen molar-refractivity contribution >= 4 is 15.9 Å². The van der Waals surface area contributed by atoms with Crippen LogP contribution in [0.1, 0.15) is 5.69 Å². The van der Waals surface area contributed by atoms with Crippen LogP contribution in [0.25, 0.3) is 11.3 Å². The second-order valence-electron chi connectivity index (χ2n) is 3.11. The molecule has 0 aliphatic carbocycles. The first-order chi connectivity index (χ1) is 7.20. The van der Waals surface area contributed by atoms with Gasteiger partial charge in [-0.3, -0.25) is 5.10 Å². The van der Waals surface area contributed by atoms with Crippen molar-refractivity contribution in [1.82, 2.24) is 10.2 Å². The van der Waals surface area contributed by atoms with E-state index >= 15 is 0 Å². The van der Waals surface area contributed by atoms with Gasteiger partial charge in [0.2, 0.25) is 0 Å². The van der Waals surface area contributed by atoms with Crippen LogP contribution in [0.5, 0.6) is 0 Å². The van der Waals surface area contributed by atoms with Crippen molar-refractivity contribution < 1.29 is 4.39 Å². The number of nitrogens with zero attached hydrogens (tertiary/aromatic N) is 1. The SMILES string of the molecule is NCc1cc(-c2ccc(Br)cc2F)n[nH]1. The predicted molar refractivity (Wildman–Crippen MR) is 59.6 cm³/mol. The quantitative estimate of drug-likeness (QED) is 0.880. The van der Waals surface area contributed by atoms with Gasteiger partial charge >= 0.3 is 0 Å². The van der Waals surface area contributed by atoms with Gasteiger partial charge in [0, 0.05) is 22.3 Å². The van der Waals surface area contributed by atoms with Crippen molar-refractivity contribution in [2.75, 3.05) is 0 Å². The number of nitrogens with one attached hydrogen (secondary N) is 1. The highest BCUT2D eigenvalue weighted by molar-refractivity contribution is 9.10. The first-order valence-electron chi connectivity index (χ1n) is 4.40. The number of aromatic amines is 1. The van der Waals surface area contributed by atoms with Crippen LogP contribution in [0.4, 0.5) is 4.39 Å². The minimum absolute atomic E-state index is 0.306. The summed E-state index contributed by atoms with van der Waals surface area (Å²) in [5.74, 6) is -0.306. The van der Waals surface area contributed by atoms with Crippen LogP contribution in [0, 0.1) is 5.82 Å². The van der Waals surface area contributed by atoms with Crippen LogP contribution in [-0.4, -0.2) is 10.2 Å². The third-order valence-electron chi connectivity index (χ3n) is 2.06. The lowest BCUT2D eigenvalue weighted by Crippen LogP contribution is -1.95. The van der Waals surface area contributed by atoms with Gasteiger partial charge in [0.15, 0.2) is 0 Å². The van der Waals surface area contributed by atoms with Crippen LogP contribution in [0.2, 0.25) is 0 Å². The average Bonchev–Trinajstić information content (AvgIpc) is 2.66. The third kappa shape index (κ3) is 2.08. The molecule has 5 heteroatoms. The molecule has 1 heterocycles. The van der Waals surface area contributed by atoms with E-state index in [0.717, 1.165) is 5.69 Å². The van der Waals surface area contributed by atoms with Crippen LogP contribution in [0.3, 0.4) is 0 Å². The van der Waals surface area contributed by atoms with E-state index in [0.29, 0.717) is 22.3 Å². The van der Waals surface area contributed by atoms with Gasteiger partial charge in [-0.05, 0) is 24.3 Å². The highest BCUT2D eigenvalue weighted by Crippen LogP contribution is 2.24. The maximum Gasteiger partial charge on any atom is 0.133 e. The van der Waals surface area contributed by atoms with Crippen molar-refractivity contribution in [3.8, 4) is 11.3 Å². The smallest absolute Gasteiger partial charge is 0.133 e. The highest BCUT2D eigenvalue weighted by Gasteiger charge is 2.08. The standard InChI is InChI=1S/C10H9BrFN3/c11-6-1-2-8(9(12)3-6)10-4-7(5-13)14-15-10/h1-4H,5,13H2,(H,14,15). The molecule has 0 saturated carbocycles. The van der Waals surface area contributed by atoms with Crippen molar-refractivity contribution in [3.63, 3.8) is 0 Å². The Morgan fingerprint density at radius 2 is 2.20 bits per heavy atom. The number of rotatable bonds is 2. The molecule has 0 amide bonds. The van der Waals surface area contributed by atoms with Crippen LogP contribution < -0.4 is 5.73 Å². The minimum atomic E-state index is -0.306. The van der Waals surface area contributed by atoms with Gasteiger partial charge in [-0.25, -0.2) is 4.39 Å². The van der Waals surface area contributed by atoms with Crippen LogP contribution >= 0.6 is 15.9 Å². The van der Waals surface area contributed by atoms with Crippen molar-refractivity contribution in [3.05, 3.63) is 40.2 Å². The fraction of sp³-hybridized carbons (Fsp3) is 0.100. The van der Waals surface area contributed by atoms with E-state index in [1.54, 1.807) is 18.2 Å². The number of halogens is 2. The summed E-state index contributed by atoms with van der Waals surface area (Å²) in [6.07, 6.45) is 0. The largest absolute Gasteiger partial charge is 0.325 e. The summed E-state index contributed by atoms with van der Waals surface area (Å²) in [5, 5.41) is 6.73. The zero-order chi connectivity index (χ0) is 10.8. The zero-order valence-electron chi connectivity index (χ0n) is 7.80. The number of hydrogen-bond acceptors (Lipinski definition) is 2. The summed E-state index contributed by atoms with van der Waals surface area (Å²) in [6, 6.07) is 6.60. The second kappa shape index (κ2) is 4.12. The summed E-state index contributed by atoms with van der Waals surface area (Å²) < 4.78 is 14.2. The molecule has 15 heavy (non-hydrogen) atoms. The Bertz CT molecular complexity index is 481. The Labute approximate surface area is 94.6 Å². The fourth-order valence-electron chi connectivity index (χ4n) is 1.30. The van der Waals surface area contributed by atoms with Gasteiger partial charge in [0.25, 0.3) is 0 Å². The first-order valence-corrected chi connectivity index (χ1v) is 5.20. The lowest BCUT2D eigenvalue weighted by Gasteiger charge is -1.98. The summed E-state index contributed by atoms with van der Waals surface area (Å²) in [5.41, 5.74) is 7.25. The van der Waals surface area contributed by atoms with Crippen molar-refractivity contribution in [2.24, 2.45) is 5.73 Å². The molecule has 2 rings (SSSR count). The second-order valence-corrected chi connectivity index (χ2v) is 4.02. The van der Waals surface area contributed by atoms with Gasteiger partial charge < -0.3 is 5.73 Å². The molecule has 0 spiro atoms. The van der Waals surface area contributed by atoms with Crippen molar-refractivity contribution in [2.45, 2.75) is 6.54 Å². The molecule has 2 aromatic rings. The molecule has 0 bridgehead atoms. The highest BCUT2D eigenvalue weighted by atomic mass is 79.9. The Hall–Kier alpha value is -1.20. The molecule has 0 atom stereocenters. The van der Waals surface area contributed by atoms with Crippen LogP contribution in [0.15, 0.2) is 28.7 Å². The molecule has 0 radical (unpaired) electrons.